The van der Waals surface area contributed by atoms with Crippen LogP contribution >= 0.6 is 0 Å². The average molecular weight is 375 g/mol. The van der Waals surface area contributed by atoms with Gasteiger partial charge in [-0.05, 0) is 25.0 Å². The van der Waals surface area contributed by atoms with Gasteiger partial charge in [0.25, 0.3) is 5.79 Å². The molecule has 1 atom stereocenters. The third-order valence-corrected chi connectivity index (χ3v) is 3.98. The predicted molar refractivity (Wildman–Crippen MR) is 95.3 cm³/mol. The van der Waals surface area contributed by atoms with E-state index in [0.717, 1.165) is 32.3 Å². The Labute approximate surface area is 156 Å². The van der Waals surface area contributed by atoms with Gasteiger partial charge < -0.3 is 18.9 Å². The van der Waals surface area contributed by atoms with E-state index in [1.165, 1.54) is 6.92 Å². The summed E-state index contributed by atoms with van der Waals surface area (Å²) in [6.45, 7) is 6.17. The summed E-state index contributed by atoms with van der Waals surface area (Å²) in [5.74, 6) is -4.54. The molecule has 1 aliphatic rings. The molecule has 0 aliphatic carbocycles. The van der Waals surface area contributed by atoms with E-state index in [1.807, 2.05) is 32.0 Å². The van der Waals surface area contributed by atoms with Gasteiger partial charge in [-0.15, -0.1) is 0 Å². The van der Waals surface area contributed by atoms with Gasteiger partial charge in [-0.2, -0.15) is 0 Å². The molecule has 0 aromatic heterocycles. The fourth-order valence-electron chi connectivity index (χ4n) is 2.81. The number of nitrogens with zero attached hydrogens (tertiary/aromatic N) is 1. The summed E-state index contributed by atoms with van der Waals surface area (Å²) in [6, 6.07) is 5.55. The molecule has 27 heavy (non-hydrogen) atoms. The molecule has 1 unspecified atom stereocenters. The molecule has 0 N–H and O–H groups in total. The Morgan fingerprint density at radius 3 is 2.07 bits per heavy atom. The van der Waals surface area contributed by atoms with Crippen LogP contribution in [0.5, 0.6) is 0 Å². The third kappa shape index (κ3) is 3.84. The summed E-state index contributed by atoms with van der Waals surface area (Å²) < 4.78 is 20.4. The van der Waals surface area contributed by atoms with Crippen molar-refractivity contribution in [2.45, 2.75) is 33.5 Å². The molecule has 1 aromatic rings. The number of aliphatic imine (C=N–C) groups is 1. The van der Waals surface area contributed by atoms with E-state index in [0.29, 0.717) is 5.69 Å². The fraction of sp³-hybridized carbons (Fsp3) is 0.368. The van der Waals surface area contributed by atoms with Crippen LogP contribution in [0.2, 0.25) is 0 Å². The zero-order valence-electron chi connectivity index (χ0n) is 16.0. The maximum absolute atomic E-state index is 12.4. The quantitative estimate of drug-likeness (QED) is 0.588. The Balaban J connectivity index is 2.76. The molecule has 0 spiro atoms. The molecule has 1 aromatic carbocycles. The smallest absolute Gasteiger partial charge is 0.344 e. The van der Waals surface area contributed by atoms with Gasteiger partial charge in [0.2, 0.25) is 5.90 Å². The first-order valence-electron chi connectivity index (χ1n) is 8.09. The van der Waals surface area contributed by atoms with E-state index >= 15 is 0 Å². The lowest BCUT2D eigenvalue weighted by Gasteiger charge is -2.24. The van der Waals surface area contributed by atoms with Crippen molar-refractivity contribution in [2.75, 3.05) is 14.2 Å². The number of methoxy groups -OCH3 is 2. The minimum Gasteiger partial charge on any atom is -0.465 e. The summed E-state index contributed by atoms with van der Waals surface area (Å²) in [6.07, 6.45) is 0. The molecular formula is C19H21NO7. The number of para-hydroxylation sites is 1. The van der Waals surface area contributed by atoms with Crippen LogP contribution in [0.15, 0.2) is 34.3 Å². The summed E-state index contributed by atoms with van der Waals surface area (Å²) in [7, 11) is 2.29. The van der Waals surface area contributed by atoms with E-state index in [4.69, 9.17) is 18.9 Å². The van der Waals surface area contributed by atoms with Gasteiger partial charge >= 0.3 is 17.9 Å². The molecule has 0 bridgehead atoms. The SMILES string of the molecule is COC(=O)C1=C(C(=O)OC)C(C)(OC(C)=O)OC1=Nc1c(C)cccc1C. The average Bonchev–Trinajstić information content (AvgIpc) is 2.88. The van der Waals surface area contributed by atoms with Gasteiger partial charge in [-0.3, -0.25) is 4.79 Å². The van der Waals surface area contributed by atoms with Gasteiger partial charge in [0, 0.05) is 13.8 Å². The number of hydrogen-bond donors (Lipinski definition) is 0. The van der Waals surface area contributed by atoms with Crippen LogP contribution in [0.3, 0.4) is 0 Å². The molecule has 1 aliphatic heterocycles. The molecule has 0 saturated heterocycles. The highest BCUT2D eigenvalue weighted by Gasteiger charge is 2.52. The number of rotatable bonds is 4. The van der Waals surface area contributed by atoms with Crippen LogP contribution in [0.1, 0.15) is 25.0 Å². The number of aryl methyl sites for hydroxylation is 2. The zero-order valence-corrected chi connectivity index (χ0v) is 16.0. The number of benzene rings is 1. The van der Waals surface area contributed by atoms with Crippen molar-refractivity contribution in [3.8, 4) is 0 Å². The second kappa shape index (κ2) is 7.61. The van der Waals surface area contributed by atoms with Gasteiger partial charge in [0.05, 0.1) is 19.9 Å². The van der Waals surface area contributed by atoms with E-state index in [9.17, 15) is 14.4 Å². The Morgan fingerprint density at radius 2 is 1.59 bits per heavy atom. The molecule has 0 amide bonds. The number of ether oxygens (including phenoxy) is 4. The largest absolute Gasteiger partial charge is 0.465 e. The van der Waals surface area contributed by atoms with Gasteiger partial charge in [-0.1, -0.05) is 18.2 Å². The van der Waals surface area contributed by atoms with Crippen LogP contribution < -0.4 is 0 Å². The maximum Gasteiger partial charge on any atom is 0.344 e. The van der Waals surface area contributed by atoms with Crippen molar-refractivity contribution < 1.29 is 33.3 Å². The molecule has 8 nitrogen and oxygen atoms in total. The van der Waals surface area contributed by atoms with Gasteiger partial charge in [0.15, 0.2) is 0 Å². The minimum atomic E-state index is -1.88. The zero-order chi connectivity index (χ0) is 20.4. The summed E-state index contributed by atoms with van der Waals surface area (Å²) in [5, 5.41) is 0. The summed E-state index contributed by atoms with van der Waals surface area (Å²) in [5.41, 5.74) is 1.67. The van der Waals surface area contributed by atoms with E-state index in [-0.39, 0.29) is 17.0 Å². The minimum absolute atomic E-state index is 0.191. The molecular weight excluding hydrogens is 354 g/mol. The molecule has 144 valence electrons. The molecule has 1 heterocycles. The predicted octanol–water partition coefficient (Wildman–Crippen LogP) is 2.29. The van der Waals surface area contributed by atoms with Crippen LogP contribution in [0, 0.1) is 13.8 Å². The lowest BCUT2D eigenvalue weighted by atomic mass is 10.0. The Hall–Kier alpha value is -3.16. The summed E-state index contributed by atoms with van der Waals surface area (Å²) in [4.78, 5) is 40.7. The second-order valence-electron chi connectivity index (χ2n) is 6.03. The Morgan fingerprint density at radius 1 is 1.04 bits per heavy atom. The molecule has 2 rings (SSSR count). The number of hydrogen-bond acceptors (Lipinski definition) is 8. The Kier molecular flexibility index (Phi) is 5.68. The van der Waals surface area contributed by atoms with Gasteiger partial charge in [-0.25, -0.2) is 14.6 Å². The van der Waals surface area contributed by atoms with Crippen molar-refractivity contribution in [1.82, 2.24) is 0 Å². The number of esters is 3. The standard InChI is InChI=1S/C19H21NO7/c1-10-8-7-9-11(2)15(10)20-16-13(17(22)24-5)14(18(23)25-6)19(4,27-16)26-12(3)21/h7-9H,1-6H3. The molecule has 8 heteroatoms. The van der Waals surface area contributed by atoms with Crippen molar-refractivity contribution in [3.63, 3.8) is 0 Å². The first-order chi connectivity index (χ1) is 12.6. The third-order valence-electron chi connectivity index (χ3n) is 3.98. The highest BCUT2D eigenvalue weighted by molar-refractivity contribution is 6.24. The monoisotopic (exact) mass is 375 g/mol. The lowest BCUT2D eigenvalue weighted by molar-refractivity contribution is -0.181. The lowest BCUT2D eigenvalue weighted by Crippen LogP contribution is -2.37. The van der Waals surface area contributed by atoms with Crippen molar-refractivity contribution in [1.29, 1.82) is 0 Å². The maximum atomic E-state index is 12.4. The van der Waals surface area contributed by atoms with Crippen LogP contribution in [-0.2, 0) is 33.3 Å². The molecule has 0 fully saturated rings. The van der Waals surface area contributed by atoms with E-state index in [1.54, 1.807) is 0 Å². The molecule has 0 saturated carbocycles. The first-order valence-corrected chi connectivity index (χ1v) is 8.09. The van der Waals surface area contributed by atoms with Crippen LogP contribution in [0.4, 0.5) is 5.69 Å². The van der Waals surface area contributed by atoms with Crippen LogP contribution in [0.25, 0.3) is 0 Å². The van der Waals surface area contributed by atoms with Crippen molar-refractivity contribution in [3.05, 3.63) is 40.5 Å². The van der Waals surface area contributed by atoms with E-state index < -0.39 is 23.7 Å². The fourth-order valence-corrected chi connectivity index (χ4v) is 2.81. The van der Waals surface area contributed by atoms with Crippen LogP contribution in [-0.4, -0.2) is 43.8 Å². The highest BCUT2D eigenvalue weighted by atomic mass is 16.7. The van der Waals surface area contributed by atoms with Gasteiger partial charge in [0.1, 0.15) is 11.1 Å². The number of carbonyl (C=O) groups is 3. The van der Waals surface area contributed by atoms with Crippen molar-refractivity contribution >= 4 is 29.5 Å². The number of carbonyl (C=O) groups excluding carboxylic acids is 3. The first kappa shape index (κ1) is 20.2. The highest BCUT2D eigenvalue weighted by Crippen LogP contribution is 2.38. The normalized spacial score (nSPS) is 20.3. The van der Waals surface area contributed by atoms with E-state index in [2.05, 4.69) is 4.99 Å². The Bertz CT molecular complexity index is 849. The summed E-state index contributed by atoms with van der Waals surface area (Å²) >= 11 is 0. The second-order valence-corrected chi connectivity index (χ2v) is 6.03. The van der Waals surface area contributed by atoms with Crippen molar-refractivity contribution in [2.24, 2.45) is 4.99 Å². The molecule has 0 radical (unpaired) electrons. The topological polar surface area (TPSA) is 100 Å².